The van der Waals surface area contributed by atoms with Crippen molar-refractivity contribution in [2.45, 2.75) is 58.5 Å². The normalized spacial score (nSPS) is 38.5. The summed E-state index contributed by atoms with van der Waals surface area (Å²) in [5.41, 5.74) is 1.04. The van der Waals surface area contributed by atoms with Gasteiger partial charge in [0, 0.05) is 20.1 Å². The van der Waals surface area contributed by atoms with Gasteiger partial charge in [-0.3, -0.25) is 0 Å². The van der Waals surface area contributed by atoms with E-state index in [0.29, 0.717) is 23.7 Å². The molecule has 0 bridgehead atoms. The average Bonchev–Trinajstić information content (AvgIpc) is 3.14. The van der Waals surface area contributed by atoms with Crippen LogP contribution in [0.2, 0.25) is 0 Å². The van der Waals surface area contributed by atoms with Gasteiger partial charge in [0.15, 0.2) is 6.29 Å². The highest BCUT2D eigenvalue weighted by Crippen LogP contribution is 2.48. The summed E-state index contributed by atoms with van der Waals surface area (Å²) in [6, 6.07) is 0. The SMILES string of the molecule is COC(OC)[C@@H]1[C@@H](C(C)C)CC=C(C)[C@@H]1C[C@H]1O[C@@]1(C)CO. The molecule has 1 fully saturated rings. The van der Waals surface area contributed by atoms with Crippen molar-refractivity contribution in [3.63, 3.8) is 0 Å². The van der Waals surface area contributed by atoms with E-state index in [9.17, 15) is 5.11 Å². The van der Waals surface area contributed by atoms with E-state index in [4.69, 9.17) is 14.2 Å². The Balaban J connectivity index is 2.21. The van der Waals surface area contributed by atoms with Gasteiger partial charge in [0.05, 0.1) is 12.7 Å². The molecule has 0 aromatic rings. The fourth-order valence-corrected chi connectivity index (χ4v) is 4.05. The summed E-state index contributed by atoms with van der Waals surface area (Å²) >= 11 is 0. The lowest BCUT2D eigenvalue weighted by molar-refractivity contribution is -0.166. The molecule has 1 heterocycles. The van der Waals surface area contributed by atoms with Crippen molar-refractivity contribution >= 4 is 0 Å². The monoisotopic (exact) mass is 312 g/mol. The Kier molecular flexibility index (Phi) is 5.70. The summed E-state index contributed by atoms with van der Waals surface area (Å²) in [5, 5.41) is 9.45. The molecule has 1 N–H and O–H groups in total. The van der Waals surface area contributed by atoms with Gasteiger partial charge in [-0.05, 0) is 44.4 Å². The third kappa shape index (κ3) is 3.40. The first-order chi connectivity index (χ1) is 10.4. The van der Waals surface area contributed by atoms with Crippen LogP contribution in [0.1, 0.15) is 40.5 Å². The van der Waals surface area contributed by atoms with Crippen molar-refractivity contribution < 1.29 is 19.3 Å². The van der Waals surface area contributed by atoms with Crippen LogP contribution in [-0.4, -0.2) is 43.9 Å². The van der Waals surface area contributed by atoms with Crippen molar-refractivity contribution in [1.82, 2.24) is 0 Å². The Morgan fingerprint density at radius 2 is 2.00 bits per heavy atom. The fourth-order valence-electron chi connectivity index (χ4n) is 4.05. The predicted molar refractivity (Wildman–Crippen MR) is 86.5 cm³/mol. The second kappa shape index (κ2) is 7.00. The van der Waals surface area contributed by atoms with Gasteiger partial charge in [-0.15, -0.1) is 0 Å². The van der Waals surface area contributed by atoms with E-state index in [-0.39, 0.29) is 24.6 Å². The molecule has 0 saturated carbocycles. The third-order valence-electron chi connectivity index (χ3n) is 5.71. The lowest BCUT2D eigenvalue weighted by Crippen LogP contribution is -2.42. The zero-order valence-corrected chi connectivity index (χ0v) is 14.8. The molecule has 128 valence electrons. The van der Waals surface area contributed by atoms with Crippen LogP contribution in [0.4, 0.5) is 0 Å². The molecule has 1 saturated heterocycles. The average molecular weight is 312 g/mol. The molecular weight excluding hydrogens is 280 g/mol. The number of methoxy groups -OCH3 is 2. The van der Waals surface area contributed by atoms with Crippen molar-refractivity contribution in [3.05, 3.63) is 11.6 Å². The predicted octanol–water partition coefficient (Wildman–Crippen LogP) is 3.00. The third-order valence-corrected chi connectivity index (χ3v) is 5.71. The van der Waals surface area contributed by atoms with Crippen LogP contribution in [-0.2, 0) is 14.2 Å². The van der Waals surface area contributed by atoms with Gasteiger partial charge in [-0.2, -0.15) is 0 Å². The highest BCUT2D eigenvalue weighted by Gasteiger charge is 2.54. The quantitative estimate of drug-likeness (QED) is 0.446. The molecule has 4 nitrogen and oxygen atoms in total. The van der Waals surface area contributed by atoms with Gasteiger partial charge in [0.25, 0.3) is 0 Å². The summed E-state index contributed by atoms with van der Waals surface area (Å²) in [4.78, 5) is 0. The molecular formula is C18H32O4. The van der Waals surface area contributed by atoms with Gasteiger partial charge in [0.1, 0.15) is 5.60 Å². The smallest absolute Gasteiger partial charge is 0.160 e. The van der Waals surface area contributed by atoms with E-state index in [1.807, 2.05) is 6.92 Å². The van der Waals surface area contributed by atoms with Crippen LogP contribution in [0.3, 0.4) is 0 Å². The summed E-state index contributed by atoms with van der Waals surface area (Å²) in [6.45, 7) is 8.82. The number of allylic oxidation sites excluding steroid dienone is 2. The number of epoxide rings is 1. The van der Waals surface area contributed by atoms with Crippen LogP contribution in [0.5, 0.6) is 0 Å². The molecule has 0 aromatic carbocycles. The van der Waals surface area contributed by atoms with Crippen molar-refractivity contribution in [3.8, 4) is 0 Å². The molecule has 0 amide bonds. The minimum atomic E-state index is -0.356. The number of hydrogen-bond donors (Lipinski definition) is 1. The van der Waals surface area contributed by atoms with Gasteiger partial charge < -0.3 is 19.3 Å². The molecule has 22 heavy (non-hydrogen) atoms. The minimum Gasteiger partial charge on any atom is -0.393 e. The van der Waals surface area contributed by atoms with Crippen LogP contribution in [0.15, 0.2) is 11.6 Å². The zero-order chi connectivity index (χ0) is 16.5. The molecule has 2 aliphatic rings. The summed E-state index contributed by atoms with van der Waals surface area (Å²) in [6.07, 6.45) is 4.31. The first kappa shape index (κ1) is 17.9. The molecule has 0 radical (unpaired) electrons. The second-order valence-electron chi connectivity index (χ2n) is 7.43. The molecule has 5 atom stereocenters. The highest BCUT2D eigenvalue weighted by atomic mass is 16.7. The van der Waals surface area contributed by atoms with Crippen LogP contribution in [0, 0.1) is 23.7 Å². The number of aliphatic hydroxyl groups excluding tert-OH is 1. The van der Waals surface area contributed by atoms with Crippen LogP contribution < -0.4 is 0 Å². The standard InChI is InChI=1S/C18H32O4/c1-11(2)13-8-7-12(3)14(16(13)17(20-5)21-6)9-15-18(4,10-19)22-15/h7,11,13-17,19H,8-10H2,1-6H3/t13-,14+,15-,16-,18+/m1/s1. The molecule has 0 spiro atoms. The lowest BCUT2D eigenvalue weighted by Gasteiger charge is -2.42. The van der Waals surface area contributed by atoms with Crippen LogP contribution in [0.25, 0.3) is 0 Å². The number of aliphatic hydroxyl groups is 1. The Bertz CT molecular complexity index is 402. The van der Waals surface area contributed by atoms with E-state index in [0.717, 1.165) is 12.8 Å². The minimum absolute atomic E-state index is 0.0867. The molecule has 4 heteroatoms. The Hall–Kier alpha value is -0.420. The summed E-state index contributed by atoms with van der Waals surface area (Å²) < 4.78 is 17.0. The number of ether oxygens (including phenoxy) is 3. The second-order valence-corrected chi connectivity index (χ2v) is 7.43. The largest absolute Gasteiger partial charge is 0.393 e. The first-order valence-electron chi connectivity index (χ1n) is 8.38. The highest BCUT2D eigenvalue weighted by molar-refractivity contribution is 5.15. The fraction of sp³-hybridized carbons (Fsp3) is 0.889. The number of rotatable bonds is 7. The van der Waals surface area contributed by atoms with E-state index in [2.05, 4.69) is 26.8 Å². The molecule has 0 aromatic heterocycles. The van der Waals surface area contributed by atoms with Gasteiger partial charge in [0.2, 0.25) is 0 Å². The van der Waals surface area contributed by atoms with E-state index in [1.54, 1.807) is 14.2 Å². The van der Waals surface area contributed by atoms with Crippen molar-refractivity contribution in [2.75, 3.05) is 20.8 Å². The first-order valence-corrected chi connectivity index (χ1v) is 8.38. The Labute approximate surface area is 134 Å². The molecule has 1 aliphatic heterocycles. The van der Waals surface area contributed by atoms with E-state index >= 15 is 0 Å². The van der Waals surface area contributed by atoms with E-state index < -0.39 is 0 Å². The molecule has 0 unspecified atom stereocenters. The lowest BCUT2D eigenvalue weighted by atomic mass is 9.66. The summed E-state index contributed by atoms with van der Waals surface area (Å²) in [7, 11) is 3.45. The molecule has 1 aliphatic carbocycles. The Morgan fingerprint density at radius 3 is 2.45 bits per heavy atom. The van der Waals surface area contributed by atoms with Crippen LogP contribution >= 0.6 is 0 Å². The molecule has 2 rings (SSSR count). The maximum absolute atomic E-state index is 9.45. The van der Waals surface area contributed by atoms with Gasteiger partial charge in [-0.25, -0.2) is 0 Å². The summed E-state index contributed by atoms with van der Waals surface area (Å²) in [5.74, 6) is 1.82. The maximum Gasteiger partial charge on any atom is 0.160 e. The maximum atomic E-state index is 9.45. The van der Waals surface area contributed by atoms with Crippen molar-refractivity contribution in [2.24, 2.45) is 23.7 Å². The zero-order valence-electron chi connectivity index (χ0n) is 14.8. The Morgan fingerprint density at radius 1 is 1.36 bits per heavy atom. The van der Waals surface area contributed by atoms with E-state index in [1.165, 1.54) is 5.57 Å². The van der Waals surface area contributed by atoms with Gasteiger partial charge >= 0.3 is 0 Å². The van der Waals surface area contributed by atoms with Crippen molar-refractivity contribution in [1.29, 1.82) is 0 Å². The number of hydrogen-bond acceptors (Lipinski definition) is 4. The topological polar surface area (TPSA) is 51.2 Å². The van der Waals surface area contributed by atoms with Gasteiger partial charge in [-0.1, -0.05) is 25.5 Å².